The van der Waals surface area contributed by atoms with Crippen LogP contribution in [0.2, 0.25) is 0 Å². The Morgan fingerprint density at radius 2 is 1.08 bits per heavy atom. The van der Waals surface area contributed by atoms with Crippen LogP contribution in [-0.2, 0) is 28.0 Å². The number of rotatable bonds is 3. The van der Waals surface area contributed by atoms with E-state index in [1.54, 1.807) is 11.3 Å². The molecular formula is C17H40NO6P. The van der Waals surface area contributed by atoms with Crippen molar-refractivity contribution >= 4 is 7.52 Å². The zero-order valence-corrected chi connectivity index (χ0v) is 18.0. The fourth-order valence-electron chi connectivity index (χ4n) is 1.90. The van der Waals surface area contributed by atoms with Crippen LogP contribution in [0.15, 0.2) is 0 Å². The molecule has 1 fully saturated rings. The molecule has 0 aliphatic carbocycles. The van der Waals surface area contributed by atoms with Crippen LogP contribution in [0.25, 0.3) is 0 Å². The first-order chi connectivity index (χ1) is 12.2. The van der Waals surface area contributed by atoms with Crippen molar-refractivity contribution in [3.63, 3.8) is 0 Å². The zero-order valence-electron chi connectivity index (χ0n) is 17.1. The molecule has 0 radical (unpaired) electrons. The molecule has 1 rings (SSSR count). The predicted octanol–water partition coefficient (Wildman–Crippen LogP) is 3.28. The maximum absolute atomic E-state index is 12.5. The lowest BCUT2D eigenvalue weighted by molar-refractivity contribution is 0.00206. The SMILES string of the molecule is CC.CC.CCOP(C)(=O)N1CCOCCOCCOCCOCC1. The minimum absolute atomic E-state index is 0.424. The van der Waals surface area contributed by atoms with Crippen LogP contribution in [0, 0.1) is 0 Å². The first-order valence-electron chi connectivity index (χ1n) is 9.45. The van der Waals surface area contributed by atoms with Gasteiger partial charge in [0.1, 0.15) is 0 Å². The highest BCUT2D eigenvalue weighted by atomic mass is 31.2. The summed E-state index contributed by atoms with van der Waals surface area (Å²) in [4.78, 5) is 0. The minimum Gasteiger partial charge on any atom is -0.378 e. The lowest BCUT2D eigenvalue weighted by Gasteiger charge is -2.28. The molecular weight excluding hydrogens is 345 g/mol. The second-order valence-electron chi connectivity index (χ2n) is 4.62. The van der Waals surface area contributed by atoms with E-state index in [2.05, 4.69) is 0 Å². The highest BCUT2D eigenvalue weighted by Gasteiger charge is 2.25. The summed E-state index contributed by atoms with van der Waals surface area (Å²) in [7, 11) is -2.79. The number of ether oxygens (including phenoxy) is 4. The molecule has 8 heteroatoms. The Kier molecular flexibility index (Phi) is 22.1. The molecule has 0 aromatic rings. The van der Waals surface area contributed by atoms with Crippen LogP contribution in [0.4, 0.5) is 0 Å². The van der Waals surface area contributed by atoms with E-state index in [4.69, 9.17) is 23.5 Å². The van der Waals surface area contributed by atoms with Gasteiger partial charge in [-0.1, -0.05) is 27.7 Å². The van der Waals surface area contributed by atoms with E-state index in [0.717, 1.165) is 0 Å². The summed E-state index contributed by atoms with van der Waals surface area (Å²) >= 11 is 0. The van der Waals surface area contributed by atoms with Gasteiger partial charge in [-0.25, -0.2) is 4.67 Å². The third-order valence-electron chi connectivity index (χ3n) is 2.99. The summed E-state index contributed by atoms with van der Waals surface area (Å²) < 4.78 is 41.4. The van der Waals surface area contributed by atoms with Crippen molar-refractivity contribution in [2.24, 2.45) is 0 Å². The molecule has 0 aromatic heterocycles. The molecule has 1 unspecified atom stereocenters. The third-order valence-corrected chi connectivity index (χ3v) is 5.15. The second kappa shape index (κ2) is 20.3. The van der Waals surface area contributed by atoms with Gasteiger partial charge in [-0.15, -0.1) is 0 Å². The van der Waals surface area contributed by atoms with Gasteiger partial charge in [-0.3, -0.25) is 4.57 Å². The quantitative estimate of drug-likeness (QED) is 0.691. The third kappa shape index (κ3) is 15.9. The van der Waals surface area contributed by atoms with Gasteiger partial charge in [0, 0.05) is 19.8 Å². The molecule has 0 bridgehead atoms. The van der Waals surface area contributed by atoms with E-state index in [0.29, 0.717) is 72.6 Å². The summed E-state index contributed by atoms with van der Waals surface area (Å²) in [6.45, 7) is 17.2. The topological polar surface area (TPSA) is 66.5 Å². The Hall–Kier alpha value is -0.0100. The fraction of sp³-hybridized carbons (Fsp3) is 1.00. The van der Waals surface area contributed by atoms with Crippen molar-refractivity contribution < 1.29 is 28.0 Å². The zero-order chi connectivity index (χ0) is 19.4. The average molecular weight is 385 g/mol. The van der Waals surface area contributed by atoms with Gasteiger partial charge >= 0.3 is 0 Å². The average Bonchev–Trinajstić information content (AvgIpc) is 2.64. The van der Waals surface area contributed by atoms with Crippen molar-refractivity contribution in [1.29, 1.82) is 0 Å². The molecule has 1 atom stereocenters. The van der Waals surface area contributed by atoms with E-state index >= 15 is 0 Å². The minimum atomic E-state index is -2.79. The van der Waals surface area contributed by atoms with Crippen LogP contribution in [0.1, 0.15) is 34.6 Å². The van der Waals surface area contributed by atoms with Crippen LogP contribution < -0.4 is 0 Å². The number of hydrogen-bond acceptors (Lipinski definition) is 6. The summed E-state index contributed by atoms with van der Waals surface area (Å²) in [6, 6.07) is 0. The molecule has 0 amide bonds. The summed E-state index contributed by atoms with van der Waals surface area (Å²) in [5, 5.41) is 0. The Labute approximate surface area is 154 Å². The molecule has 7 nitrogen and oxygen atoms in total. The molecule has 154 valence electrons. The molecule has 1 saturated heterocycles. The lowest BCUT2D eigenvalue weighted by atomic mass is 10.6. The fourth-order valence-corrected chi connectivity index (χ4v) is 3.43. The maximum atomic E-state index is 12.5. The standard InChI is InChI=1S/C13H28NO6P.2C2H6/c1-3-20-21(2,15)14-4-6-16-8-10-18-12-13-19-11-9-17-7-5-14;2*1-2/h3-13H2,1-2H3;2*1-2H3. The van der Waals surface area contributed by atoms with Gasteiger partial charge in [-0.2, -0.15) is 0 Å². The van der Waals surface area contributed by atoms with E-state index in [1.165, 1.54) is 0 Å². The maximum Gasteiger partial charge on any atom is 0.269 e. The van der Waals surface area contributed by atoms with E-state index in [9.17, 15) is 4.57 Å². The highest BCUT2D eigenvalue weighted by Crippen LogP contribution is 2.46. The Morgan fingerprint density at radius 1 is 0.760 bits per heavy atom. The normalized spacial score (nSPS) is 21.2. The van der Waals surface area contributed by atoms with Crippen LogP contribution in [0.3, 0.4) is 0 Å². The first kappa shape index (κ1) is 27.2. The molecule has 25 heavy (non-hydrogen) atoms. The predicted molar refractivity (Wildman–Crippen MR) is 103 cm³/mol. The van der Waals surface area contributed by atoms with Gasteiger partial charge in [0.2, 0.25) is 0 Å². The monoisotopic (exact) mass is 385 g/mol. The first-order valence-corrected chi connectivity index (χ1v) is 11.5. The molecule has 0 spiro atoms. The van der Waals surface area contributed by atoms with E-state index < -0.39 is 7.52 Å². The lowest BCUT2D eigenvalue weighted by Crippen LogP contribution is -2.29. The van der Waals surface area contributed by atoms with Crippen molar-refractivity contribution in [2.75, 3.05) is 79.2 Å². The van der Waals surface area contributed by atoms with Crippen molar-refractivity contribution in [3.8, 4) is 0 Å². The Morgan fingerprint density at radius 3 is 1.40 bits per heavy atom. The molecule has 0 N–H and O–H groups in total. The number of nitrogens with zero attached hydrogens (tertiary/aromatic N) is 1. The summed E-state index contributed by atoms with van der Waals surface area (Å²) in [5.74, 6) is 0. The summed E-state index contributed by atoms with van der Waals surface area (Å²) in [5.41, 5.74) is 0. The highest BCUT2D eigenvalue weighted by molar-refractivity contribution is 7.55. The van der Waals surface area contributed by atoms with Gasteiger partial charge in [-0.05, 0) is 6.92 Å². The van der Waals surface area contributed by atoms with Gasteiger partial charge < -0.3 is 23.5 Å². The molecule has 1 heterocycles. The largest absolute Gasteiger partial charge is 0.378 e. The van der Waals surface area contributed by atoms with Crippen LogP contribution in [-0.4, -0.2) is 83.9 Å². The summed E-state index contributed by atoms with van der Waals surface area (Å²) in [6.07, 6.45) is 0. The van der Waals surface area contributed by atoms with Crippen LogP contribution in [0.5, 0.6) is 0 Å². The Bertz CT molecular complexity index is 291. The van der Waals surface area contributed by atoms with E-state index in [-0.39, 0.29) is 0 Å². The van der Waals surface area contributed by atoms with Gasteiger partial charge in [0.15, 0.2) is 0 Å². The van der Waals surface area contributed by atoms with E-state index in [1.807, 2.05) is 34.6 Å². The van der Waals surface area contributed by atoms with Crippen molar-refractivity contribution in [1.82, 2.24) is 4.67 Å². The number of hydrogen-bond donors (Lipinski definition) is 0. The van der Waals surface area contributed by atoms with Crippen LogP contribution >= 0.6 is 7.52 Å². The Balaban J connectivity index is 0. The van der Waals surface area contributed by atoms with Gasteiger partial charge in [0.05, 0.1) is 59.5 Å². The molecule has 1 aliphatic heterocycles. The molecule has 0 saturated carbocycles. The van der Waals surface area contributed by atoms with Crippen molar-refractivity contribution in [2.45, 2.75) is 34.6 Å². The molecule has 0 aromatic carbocycles. The van der Waals surface area contributed by atoms with Crippen molar-refractivity contribution in [3.05, 3.63) is 0 Å². The van der Waals surface area contributed by atoms with Gasteiger partial charge in [0.25, 0.3) is 7.52 Å². The smallest absolute Gasteiger partial charge is 0.269 e. The second-order valence-corrected chi connectivity index (χ2v) is 7.05. The molecule has 1 aliphatic rings.